The first-order valence-corrected chi connectivity index (χ1v) is 7.71. The zero-order chi connectivity index (χ0) is 15.4. The van der Waals surface area contributed by atoms with Gasteiger partial charge in [0, 0.05) is 32.2 Å². The van der Waals surface area contributed by atoms with Gasteiger partial charge in [-0.3, -0.25) is 4.90 Å². The summed E-state index contributed by atoms with van der Waals surface area (Å²) in [5.74, 6) is 0.871. The lowest BCUT2D eigenvalue weighted by Crippen LogP contribution is -2.45. The summed E-state index contributed by atoms with van der Waals surface area (Å²) in [6, 6.07) is 15.1. The molecule has 1 aliphatic rings. The van der Waals surface area contributed by atoms with Crippen LogP contribution in [0.5, 0.6) is 5.75 Å². The second-order valence-electron chi connectivity index (χ2n) is 5.64. The van der Waals surface area contributed by atoms with Crippen LogP contribution >= 0.6 is 24.8 Å². The molecule has 1 heterocycles. The fourth-order valence-electron chi connectivity index (χ4n) is 3.11. The average molecular weight is 368 g/mol. The lowest BCUT2D eigenvalue weighted by molar-refractivity contribution is 0.176. The first kappa shape index (κ1) is 20.5. The second kappa shape index (κ2) is 9.71. The molecule has 24 heavy (non-hydrogen) atoms. The zero-order valence-corrected chi connectivity index (χ0v) is 15.3. The van der Waals surface area contributed by atoms with Crippen molar-refractivity contribution in [2.45, 2.75) is 12.5 Å². The van der Waals surface area contributed by atoms with Crippen molar-refractivity contribution in [1.82, 2.24) is 10.2 Å². The minimum atomic E-state index is 0. The van der Waals surface area contributed by atoms with Crippen LogP contribution < -0.4 is 10.1 Å². The third-order valence-electron chi connectivity index (χ3n) is 4.33. The first-order valence-electron chi connectivity index (χ1n) is 7.71. The molecule has 0 amide bonds. The number of ether oxygens (including phenoxy) is 1. The molecule has 1 atom stereocenters. The maximum absolute atomic E-state index is 9.20. The highest BCUT2D eigenvalue weighted by atomic mass is 35.5. The number of nitrogens with zero attached hydrogens (tertiary/aromatic N) is 2. The quantitative estimate of drug-likeness (QED) is 0.897. The maximum Gasteiger partial charge on any atom is 0.119 e. The largest absolute Gasteiger partial charge is 0.497 e. The van der Waals surface area contributed by atoms with Crippen molar-refractivity contribution < 1.29 is 4.74 Å². The molecule has 1 aliphatic heterocycles. The van der Waals surface area contributed by atoms with Crippen LogP contribution in [0.15, 0.2) is 36.4 Å². The van der Waals surface area contributed by atoms with Crippen molar-refractivity contribution >= 4 is 35.6 Å². The van der Waals surface area contributed by atoms with Gasteiger partial charge in [0.25, 0.3) is 0 Å². The summed E-state index contributed by atoms with van der Waals surface area (Å²) in [7, 11) is 1.68. The number of methoxy groups -OCH3 is 1. The lowest BCUT2D eigenvalue weighted by Gasteiger charge is -2.34. The van der Waals surface area contributed by atoms with E-state index in [1.54, 1.807) is 7.11 Å². The van der Waals surface area contributed by atoms with Gasteiger partial charge in [-0.2, -0.15) is 5.26 Å². The zero-order valence-electron chi connectivity index (χ0n) is 13.7. The molecule has 2 aromatic rings. The number of nitrogens with one attached hydrogen (secondary N) is 1. The van der Waals surface area contributed by atoms with E-state index in [1.807, 2.05) is 12.1 Å². The second-order valence-corrected chi connectivity index (χ2v) is 5.64. The standard InChI is InChI=1S/C18H21N3O.2ClH/c1-22-17-5-4-14-12-16(3-2-15(14)13-17)18(6-7-19)21-10-8-20-9-11-21;;/h2-5,12-13,18,20H,6,8-11H2,1H3;2*1H/t18-;;/m0../s1. The average Bonchev–Trinajstić information content (AvgIpc) is 2.59. The van der Waals surface area contributed by atoms with E-state index in [1.165, 1.54) is 16.3 Å². The number of piperazine rings is 1. The smallest absolute Gasteiger partial charge is 0.119 e. The highest BCUT2D eigenvalue weighted by Crippen LogP contribution is 2.29. The highest BCUT2D eigenvalue weighted by Gasteiger charge is 2.22. The molecule has 0 spiro atoms. The molecule has 0 aromatic heterocycles. The molecule has 130 valence electrons. The van der Waals surface area contributed by atoms with Crippen LogP contribution in [-0.4, -0.2) is 38.2 Å². The van der Waals surface area contributed by atoms with Gasteiger partial charge < -0.3 is 10.1 Å². The number of rotatable bonds is 4. The number of fused-ring (bicyclic) bond motifs is 1. The summed E-state index contributed by atoms with van der Waals surface area (Å²) in [5, 5.41) is 14.9. The Hall–Kier alpha value is -1.51. The lowest BCUT2D eigenvalue weighted by atomic mass is 9.98. The number of hydrogen-bond acceptors (Lipinski definition) is 4. The Morgan fingerprint density at radius 2 is 1.79 bits per heavy atom. The molecule has 1 saturated heterocycles. The van der Waals surface area contributed by atoms with Gasteiger partial charge in [0.05, 0.1) is 19.6 Å². The minimum absolute atomic E-state index is 0. The van der Waals surface area contributed by atoms with Crippen LogP contribution in [0.4, 0.5) is 0 Å². The predicted molar refractivity (Wildman–Crippen MR) is 102 cm³/mol. The van der Waals surface area contributed by atoms with Gasteiger partial charge >= 0.3 is 0 Å². The molecule has 0 saturated carbocycles. The molecular weight excluding hydrogens is 345 g/mol. The Kier molecular flexibility index (Phi) is 8.30. The van der Waals surface area contributed by atoms with E-state index >= 15 is 0 Å². The van der Waals surface area contributed by atoms with E-state index in [9.17, 15) is 5.26 Å². The molecular formula is C18H23Cl2N3O. The van der Waals surface area contributed by atoms with Gasteiger partial charge in [-0.15, -0.1) is 24.8 Å². The van der Waals surface area contributed by atoms with E-state index in [2.05, 4.69) is 40.6 Å². The fraction of sp³-hybridized carbons (Fsp3) is 0.389. The Labute approximate surface area is 155 Å². The first-order chi connectivity index (χ1) is 10.8. The number of halogens is 2. The van der Waals surface area contributed by atoms with Crippen molar-refractivity contribution in [3.05, 3.63) is 42.0 Å². The molecule has 0 aliphatic carbocycles. The van der Waals surface area contributed by atoms with Crippen LogP contribution in [0.1, 0.15) is 18.0 Å². The summed E-state index contributed by atoms with van der Waals surface area (Å²) >= 11 is 0. The topological polar surface area (TPSA) is 48.3 Å². The van der Waals surface area contributed by atoms with E-state index < -0.39 is 0 Å². The van der Waals surface area contributed by atoms with Gasteiger partial charge in [0.2, 0.25) is 0 Å². The number of benzene rings is 2. The van der Waals surface area contributed by atoms with Gasteiger partial charge in [0.1, 0.15) is 5.75 Å². The van der Waals surface area contributed by atoms with Crippen molar-refractivity contribution in [2.75, 3.05) is 33.3 Å². The van der Waals surface area contributed by atoms with Crippen molar-refractivity contribution in [3.8, 4) is 11.8 Å². The van der Waals surface area contributed by atoms with Crippen molar-refractivity contribution in [3.63, 3.8) is 0 Å². The molecule has 0 unspecified atom stereocenters. The van der Waals surface area contributed by atoms with E-state index in [-0.39, 0.29) is 30.9 Å². The number of nitriles is 1. The van der Waals surface area contributed by atoms with Crippen LogP contribution in [0, 0.1) is 11.3 Å². The normalized spacial score (nSPS) is 15.7. The van der Waals surface area contributed by atoms with E-state index in [0.29, 0.717) is 6.42 Å². The van der Waals surface area contributed by atoms with Crippen LogP contribution in [0.2, 0.25) is 0 Å². The molecule has 1 fully saturated rings. The summed E-state index contributed by atoms with van der Waals surface area (Å²) in [6.45, 7) is 3.97. The predicted octanol–water partition coefficient (Wildman–Crippen LogP) is 3.55. The third kappa shape index (κ3) is 4.52. The molecule has 0 bridgehead atoms. The van der Waals surface area contributed by atoms with Crippen LogP contribution in [-0.2, 0) is 0 Å². The molecule has 6 heteroatoms. The summed E-state index contributed by atoms with van der Waals surface area (Å²) < 4.78 is 5.28. The summed E-state index contributed by atoms with van der Waals surface area (Å²) in [4.78, 5) is 2.41. The highest BCUT2D eigenvalue weighted by molar-refractivity contribution is 5.86. The van der Waals surface area contributed by atoms with Gasteiger partial charge in [-0.05, 0) is 34.5 Å². The summed E-state index contributed by atoms with van der Waals surface area (Å²) in [5.41, 5.74) is 1.22. The molecule has 3 rings (SSSR count). The molecule has 2 aromatic carbocycles. The van der Waals surface area contributed by atoms with Gasteiger partial charge in [-0.25, -0.2) is 0 Å². The summed E-state index contributed by atoms with van der Waals surface area (Å²) in [6.07, 6.45) is 0.529. The van der Waals surface area contributed by atoms with E-state index in [4.69, 9.17) is 4.74 Å². The molecule has 1 N–H and O–H groups in total. The molecule has 4 nitrogen and oxygen atoms in total. The maximum atomic E-state index is 9.20. The van der Waals surface area contributed by atoms with Crippen molar-refractivity contribution in [1.29, 1.82) is 5.26 Å². The Balaban J connectivity index is 0.00000144. The number of hydrogen-bond donors (Lipinski definition) is 1. The van der Waals surface area contributed by atoms with E-state index in [0.717, 1.165) is 31.9 Å². The monoisotopic (exact) mass is 367 g/mol. The SMILES string of the molecule is COc1ccc2cc([C@H](CC#N)N3CCNCC3)ccc2c1.Cl.Cl. The molecule has 0 radical (unpaired) electrons. The Morgan fingerprint density at radius 1 is 1.12 bits per heavy atom. The van der Waals surface area contributed by atoms with Gasteiger partial charge in [0.15, 0.2) is 0 Å². The third-order valence-corrected chi connectivity index (χ3v) is 4.33. The Morgan fingerprint density at radius 3 is 2.46 bits per heavy atom. The van der Waals surface area contributed by atoms with Crippen LogP contribution in [0.25, 0.3) is 10.8 Å². The minimum Gasteiger partial charge on any atom is -0.497 e. The Bertz CT molecular complexity index is 696. The fourth-order valence-corrected chi connectivity index (χ4v) is 3.11. The van der Waals surface area contributed by atoms with Crippen LogP contribution in [0.3, 0.4) is 0 Å². The van der Waals surface area contributed by atoms with Gasteiger partial charge in [-0.1, -0.05) is 18.2 Å². The van der Waals surface area contributed by atoms with Crippen molar-refractivity contribution in [2.24, 2.45) is 0 Å².